The molecular formula is C25H51N2NaO3. The molecule has 0 atom stereocenters. The number of aliphatic hydroxyl groups is 1. The Bertz CT molecular complexity index is 395. The van der Waals surface area contributed by atoms with E-state index in [1.54, 1.807) is 0 Å². The number of aliphatic hydroxyl groups excluding tert-OH is 1. The number of hydrogen-bond acceptors (Lipinski definition) is 4. The number of allylic oxidation sites excluding steroid dienone is 2. The molecule has 0 aromatic carbocycles. The average Bonchev–Trinajstić information content (AvgIpc) is 2.73. The average molecular weight is 451 g/mol. The Morgan fingerprint density at radius 1 is 0.774 bits per heavy atom. The van der Waals surface area contributed by atoms with Gasteiger partial charge < -0.3 is 15.5 Å². The van der Waals surface area contributed by atoms with Crippen LogP contribution >= 0.6 is 0 Å². The number of nitrogens with one attached hydrogen (secondary N) is 1. The fourth-order valence-corrected chi connectivity index (χ4v) is 3.59. The van der Waals surface area contributed by atoms with Crippen LogP contribution in [0.1, 0.15) is 103 Å². The van der Waals surface area contributed by atoms with Gasteiger partial charge in [0.2, 0.25) is 0 Å². The van der Waals surface area contributed by atoms with Gasteiger partial charge in [0.15, 0.2) is 0 Å². The summed E-state index contributed by atoms with van der Waals surface area (Å²) in [6, 6.07) is 0. The molecular weight excluding hydrogens is 399 g/mol. The van der Waals surface area contributed by atoms with Gasteiger partial charge in [0, 0.05) is 26.2 Å². The van der Waals surface area contributed by atoms with Crippen molar-refractivity contribution in [3.63, 3.8) is 0 Å². The molecule has 0 radical (unpaired) electrons. The van der Waals surface area contributed by atoms with E-state index in [-0.39, 0.29) is 42.6 Å². The van der Waals surface area contributed by atoms with Gasteiger partial charge in [0.25, 0.3) is 0 Å². The second-order valence-electron chi connectivity index (χ2n) is 8.40. The van der Waals surface area contributed by atoms with Gasteiger partial charge in [-0.3, -0.25) is 9.69 Å². The zero-order valence-corrected chi connectivity index (χ0v) is 19.8. The van der Waals surface area contributed by atoms with Crippen molar-refractivity contribution in [1.29, 1.82) is 0 Å². The molecule has 0 saturated heterocycles. The molecule has 180 valence electrons. The van der Waals surface area contributed by atoms with E-state index in [1.807, 2.05) is 4.90 Å². The van der Waals surface area contributed by atoms with Gasteiger partial charge in [-0.05, 0) is 38.6 Å². The summed E-state index contributed by atoms with van der Waals surface area (Å²) in [7, 11) is 0. The van der Waals surface area contributed by atoms with E-state index in [2.05, 4.69) is 24.4 Å². The summed E-state index contributed by atoms with van der Waals surface area (Å²) in [5.41, 5.74) is 0. The first-order valence-electron chi connectivity index (χ1n) is 12.6. The van der Waals surface area contributed by atoms with Gasteiger partial charge in [-0.2, -0.15) is 0 Å². The maximum absolute atomic E-state index is 10.7. The third-order valence-electron chi connectivity index (χ3n) is 5.53. The van der Waals surface area contributed by atoms with Crippen LogP contribution in [0.2, 0.25) is 0 Å². The van der Waals surface area contributed by atoms with Crippen molar-refractivity contribution < 1.29 is 15.0 Å². The van der Waals surface area contributed by atoms with Crippen LogP contribution in [-0.4, -0.2) is 90.0 Å². The molecule has 0 aliphatic heterocycles. The Kier molecular flexibility index (Phi) is 30.2. The molecule has 0 aliphatic carbocycles. The van der Waals surface area contributed by atoms with Crippen LogP contribution in [0.5, 0.6) is 0 Å². The van der Waals surface area contributed by atoms with Gasteiger partial charge in [0.05, 0.1) is 13.0 Å². The number of nitrogens with zero attached hydrogens (tertiary/aromatic N) is 1. The van der Waals surface area contributed by atoms with E-state index >= 15 is 0 Å². The molecule has 31 heavy (non-hydrogen) atoms. The fraction of sp³-hybridized carbons (Fsp3) is 0.880. The van der Waals surface area contributed by atoms with Crippen LogP contribution in [0.25, 0.3) is 0 Å². The monoisotopic (exact) mass is 450 g/mol. The second kappa shape index (κ2) is 28.1. The standard InChI is InChI=1S/C25H50N2O3.Na.H/c1-2-3-4-5-6-7-8-9-10-11-12-13-14-15-16-17-19-26-20-22-27(23-24-28)21-18-25(29)30;;/h9-10,26,28H,2-8,11-24H2,1H3,(H,29,30);;/b10-9-;;. The summed E-state index contributed by atoms with van der Waals surface area (Å²) in [5, 5.41) is 21.2. The van der Waals surface area contributed by atoms with E-state index in [0.717, 1.165) is 19.6 Å². The third-order valence-corrected chi connectivity index (χ3v) is 5.53. The van der Waals surface area contributed by atoms with Crippen molar-refractivity contribution in [3.05, 3.63) is 12.2 Å². The van der Waals surface area contributed by atoms with Gasteiger partial charge in [-0.25, -0.2) is 0 Å². The van der Waals surface area contributed by atoms with E-state index in [4.69, 9.17) is 10.2 Å². The van der Waals surface area contributed by atoms with E-state index < -0.39 is 5.97 Å². The summed E-state index contributed by atoms with van der Waals surface area (Å²) in [4.78, 5) is 12.7. The van der Waals surface area contributed by atoms with Crippen LogP contribution in [-0.2, 0) is 4.79 Å². The number of hydrogen-bond donors (Lipinski definition) is 3. The van der Waals surface area contributed by atoms with Gasteiger partial charge in [0.1, 0.15) is 0 Å². The molecule has 0 rings (SSSR count). The molecule has 0 fully saturated rings. The molecule has 0 heterocycles. The minimum atomic E-state index is -0.782. The SMILES string of the molecule is CCCCCCCC/C=C\CCCCCCCCNCCN(CCO)CCC(=O)O.[NaH]. The molecule has 0 spiro atoms. The summed E-state index contributed by atoms with van der Waals surface area (Å²) in [6.07, 6.45) is 23.5. The Morgan fingerprint density at radius 3 is 1.87 bits per heavy atom. The Balaban J connectivity index is 0. The molecule has 6 heteroatoms. The molecule has 5 nitrogen and oxygen atoms in total. The number of carboxylic acid groups (broad SMARTS) is 1. The molecule has 3 N–H and O–H groups in total. The second-order valence-corrected chi connectivity index (χ2v) is 8.40. The minimum absolute atomic E-state index is 0. The summed E-state index contributed by atoms with van der Waals surface area (Å²) in [6.45, 7) is 6.06. The number of aliphatic carboxylic acids is 1. The molecule has 0 unspecified atom stereocenters. The van der Waals surface area contributed by atoms with Crippen molar-refractivity contribution in [2.75, 3.05) is 39.3 Å². The van der Waals surface area contributed by atoms with Crippen LogP contribution in [0, 0.1) is 0 Å². The number of rotatable bonds is 24. The Morgan fingerprint density at radius 2 is 1.32 bits per heavy atom. The van der Waals surface area contributed by atoms with Gasteiger partial charge in [-0.15, -0.1) is 0 Å². The van der Waals surface area contributed by atoms with Gasteiger partial charge in [-0.1, -0.05) is 76.9 Å². The first-order valence-corrected chi connectivity index (χ1v) is 12.6. The zero-order chi connectivity index (χ0) is 22.1. The van der Waals surface area contributed by atoms with E-state index in [0.29, 0.717) is 13.1 Å². The third kappa shape index (κ3) is 28.1. The van der Waals surface area contributed by atoms with Crippen LogP contribution in [0.3, 0.4) is 0 Å². The summed E-state index contributed by atoms with van der Waals surface area (Å²) >= 11 is 0. The van der Waals surface area contributed by atoms with Crippen molar-refractivity contribution >= 4 is 35.5 Å². The van der Waals surface area contributed by atoms with Crippen LogP contribution in [0.4, 0.5) is 0 Å². The number of carbonyl (C=O) groups is 1. The van der Waals surface area contributed by atoms with Crippen molar-refractivity contribution in [2.45, 2.75) is 103 Å². The van der Waals surface area contributed by atoms with E-state index in [1.165, 1.54) is 89.9 Å². The number of unbranched alkanes of at least 4 members (excludes halogenated alkanes) is 12. The first-order chi connectivity index (χ1) is 14.7. The molecule has 0 saturated carbocycles. The molecule has 0 amide bonds. The molecule has 0 aliphatic rings. The quantitative estimate of drug-likeness (QED) is 0.113. The number of carboxylic acids is 1. The zero-order valence-electron chi connectivity index (χ0n) is 19.8. The predicted molar refractivity (Wildman–Crippen MR) is 135 cm³/mol. The topological polar surface area (TPSA) is 72.8 Å². The van der Waals surface area contributed by atoms with Crippen molar-refractivity contribution in [2.24, 2.45) is 0 Å². The molecule has 0 bridgehead atoms. The molecule has 0 aromatic rings. The normalized spacial score (nSPS) is 11.3. The summed E-state index contributed by atoms with van der Waals surface area (Å²) < 4.78 is 0. The van der Waals surface area contributed by atoms with Crippen LogP contribution in [0.15, 0.2) is 12.2 Å². The fourth-order valence-electron chi connectivity index (χ4n) is 3.59. The van der Waals surface area contributed by atoms with Crippen molar-refractivity contribution in [3.8, 4) is 0 Å². The van der Waals surface area contributed by atoms with Gasteiger partial charge >= 0.3 is 35.5 Å². The van der Waals surface area contributed by atoms with E-state index in [9.17, 15) is 4.79 Å². The summed E-state index contributed by atoms with van der Waals surface area (Å²) in [5.74, 6) is -0.782. The Labute approximate surface area is 214 Å². The first kappa shape index (κ1) is 33.3. The molecule has 0 aromatic heterocycles. The van der Waals surface area contributed by atoms with Crippen LogP contribution < -0.4 is 5.32 Å². The van der Waals surface area contributed by atoms with Crippen molar-refractivity contribution in [1.82, 2.24) is 10.2 Å². The predicted octanol–water partition coefficient (Wildman–Crippen LogP) is 4.73. The maximum atomic E-state index is 10.7. The Hall–Kier alpha value is 0.0900.